The second kappa shape index (κ2) is 15.6. The summed E-state index contributed by atoms with van der Waals surface area (Å²) in [4.78, 5) is 44.4. The lowest BCUT2D eigenvalue weighted by Crippen LogP contribution is -2.49. The number of carbonyl (C=O) groups excluding carboxylic acids is 3. The fourth-order valence-electron chi connectivity index (χ4n) is 6.64. The molecular weight excluding hydrogens is 671 g/mol. The van der Waals surface area contributed by atoms with Gasteiger partial charge in [0.25, 0.3) is 11.8 Å². The van der Waals surface area contributed by atoms with E-state index in [1.165, 1.54) is 20.5 Å². The number of halogens is 3. The summed E-state index contributed by atoms with van der Waals surface area (Å²) in [7, 11) is 0.527. The zero-order valence-corrected chi connectivity index (χ0v) is 28.9. The summed E-state index contributed by atoms with van der Waals surface area (Å²) in [6.07, 6.45) is -1.87. The van der Waals surface area contributed by atoms with E-state index in [-0.39, 0.29) is 41.8 Å². The predicted molar refractivity (Wildman–Crippen MR) is 182 cm³/mol. The van der Waals surface area contributed by atoms with Crippen molar-refractivity contribution in [2.24, 2.45) is 11.8 Å². The number of benzene rings is 2. The number of likely N-dealkylation sites (N-methyl/N-ethyl adjacent to an activating group) is 1. The molecule has 5 rings (SSSR count). The number of nitrogens with one attached hydrogen (secondary N) is 2. The molecule has 266 valence electrons. The van der Waals surface area contributed by atoms with Crippen molar-refractivity contribution in [1.82, 2.24) is 25.3 Å². The van der Waals surface area contributed by atoms with E-state index in [2.05, 4.69) is 23.6 Å². The van der Waals surface area contributed by atoms with E-state index in [9.17, 15) is 37.0 Å². The van der Waals surface area contributed by atoms with E-state index in [0.717, 1.165) is 37.5 Å². The van der Waals surface area contributed by atoms with Gasteiger partial charge in [0.15, 0.2) is 5.69 Å². The molecule has 2 aliphatic rings. The third-order valence-corrected chi connectivity index (χ3v) is 10.6. The molecule has 4 unspecified atom stereocenters. The number of rotatable bonds is 12. The van der Waals surface area contributed by atoms with Crippen LogP contribution in [-0.4, -0.2) is 80.8 Å². The summed E-state index contributed by atoms with van der Waals surface area (Å²) in [5.74, 6) is -0.993. The van der Waals surface area contributed by atoms with Crippen LogP contribution in [0.4, 0.5) is 19.0 Å². The first kappa shape index (κ1) is 36.7. The Bertz CT molecular complexity index is 1790. The number of aromatic nitrogens is 2. The lowest BCUT2D eigenvalue weighted by Gasteiger charge is -2.33. The third-order valence-electron chi connectivity index (χ3n) is 9.26. The first-order valence-electron chi connectivity index (χ1n) is 16.6. The van der Waals surface area contributed by atoms with E-state index in [1.54, 1.807) is 38.2 Å². The van der Waals surface area contributed by atoms with Crippen molar-refractivity contribution in [2.45, 2.75) is 51.4 Å². The van der Waals surface area contributed by atoms with Gasteiger partial charge in [0.1, 0.15) is 11.9 Å². The van der Waals surface area contributed by atoms with Gasteiger partial charge in [0.05, 0.1) is 29.6 Å². The monoisotopic (exact) mass is 711 g/mol. The second-order valence-electron chi connectivity index (χ2n) is 12.4. The van der Waals surface area contributed by atoms with E-state index in [0.29, 0.717) is 23.0 Å². The lowest BCUT2D eigenvalue weighted by molar-refractivity contribution is -0.137. The van der Waals surface area contributed by atoms with Crippen LogP contribution in [0, 0.1) is 23.2 Å². The standard InChI is InChI=1S/C35H40F3N7O4S/c1-4-27(22-14-15-22)30(40-3)29-31(34(48)44-16-17-50(49)21-26(44)19-39)42-45(25-12-7-6-8-13-25)33(29)43(5-2)28(46)20-41-32(47)23-10-9-11-24(18-23)35(36,37)38/h6-13,18,22,26-27,30,40H,4-5,14-17,20-21H2,1-3H3,(H,41,47). The summed E-state index contributed by atoms with van der Waals surface area (Å²) in [5.41, 5.74) is -0.179. The molecule has 2 heterocycles. The molecule has 1 saturated carbocycles. The Balaban J connectivity index is 1.61. The molecule has 0 radical (unpaired) electrons. The Morgan fingerprint density at radius 2 is 1.84 bits per heavy atom. The first-order valence-corrected chi connectivity index (χ1v) is 18.1. The average molecular weight is 712 g/mol. The number of hydrogen-bond acceptors (Lipinski definition) is 7. The number of alkyl halides is 3. The van der Waals surface area contributed by atoms with Crippen LogP contribution >= 0.6 is 0 Å². The molecule has 1 aliphatic carbocycles. The summed E-state index contributed by atoms with van der Waals surface area (Å²) in [6.45, 7) is 3.44. The highest BCUT2D eigenvalue weighted by Gasteiger charge is 2.43. The Kier molecular flexibility index (Phi) is 11.4. The normalized spacial score (nSPS) is 18.9. The molecule has 1 saturated heterocycles. The molecule has 3 aromatic rings. The maximum absolute atomic E-state index is 14.5. The molecule has 3 amide bonds. The van der Waals surface area contributed by atoms with Crippen LogP contribution < -0.4 is 15.5 Å². The fourth-order valence-corrected chi connectivity index (χ4v) is 7.81. The van der Waals surface area contributed by atoms with Crippen LogP contribution in [-0.2, 0) is 21.8 Å². The molecule has 0 bridgehead atoms. The van der Waals surface area contributed by atoms with Gasteiger partial charge in [-0.2, -0.15) is 23.5 Å². The van der Waals surface area contributed by atoms with Gasteiger partial charge in [-0.1, -0.05) is 37.6 Å². The molecule has 50 heavy (non-hydrogen) atoms. The zero-order chi connectivity index (χ0) is 36.2. The lowest BCUT2D eigenvalue weighted by atomic mass is 9.86. The Morgan fingerprint density at radius 3 is 2.44 bits per heavy atom. The van der Waals surface area contributed by atoms with Crippen LogP contribution in [0.25, 0.3) is 5.69 Å². The van der Waals surface area contributed by atoms with Crippen molar-refractivity contribution in [3.63, 3.8) is 0 Å². The van der Waals surface area contributed by atoms with Crippen molar-refractivity contribution in [2.75, 3.05) is 43.1 Å². The Hall–Kier alpha value is -4.55. The minimum atomic E-state index is -4.65. The third kappa shape index (κ3) is 7.76. The number of nitrogens with zero attached hydrogens (tertiary/aromatic N) is 5. The van der Waals surface area contributed by atoms with Gasteiger partial charge < -0.3 is 15.5 Å². The predicted octanol–water partition coefficient (Wildman–Crippen LogP) is 4.47. The molecule has 2 aromatic carbocycles. The average Bonchev–Trinajstić information content (AvgIpc) is 3.89. The summed E-state index contributed by atoms with van der Waals surface area (Å²) >= 11 is 0. The van der Waals surface area contributed by atoms with Crippen molar-refractivity contribution >= 4 is 34.3 Å². The quantitative estimate of drug-likeness (QED) is 0.283. The van der Waals surface area contributed by atoms with E-state index in [1.807, 2.05) is 6.07 Å². The summed E-state index contributed by atoms with van der Waals surface area (Å²) < 4.78 is 53.8. The van der Waals surface area contributed by atoms with Crippen LogP contribution in [0.15, 0.2) is 54.6 Å². The number of carbonyl (C=O) groups is 3. The van der Waals surface area contributed by atoms with Crippen molar-refractivity contribution < 1.29 is 31.8 Å². The zero-order valence-electron chi connectivity index (χ0n) is 28.1. The van der Waals surface area contributed by atoms with Crippen LogP contribution in [0.3, 0.4) is 0 Å². The number of nitriles is 1. The van der Waals surface area contributed by atoms with Gasteiger partial charge in [-0.25, -0.2) is 4.68 Å². The second-order valence-corrected chi connectivity index (χ2v) is 14.0. The molecule has 1 aliphatic heterocycles. The minimum Gasteiger partial charge on any atom is -0.343 e. The van der Waals surface area contributed by atoms with Crippen molar-refractivity contribution in [1.29, 1.82) is 5.26 Å². The topological polar surface area (TPSA) is 140 Å². The summed E-state index contributed by atoms with van der Waals surface area (Å²) in [6, 6.07) is 13.6. The van der Waals surface area contributed by atoms with Gasteiger partial charge in [0.2, 0.25) is 5.91 Å². The van der Waals surface area contributed by atoms with Crippen LogP contribution in [0.1, 0.15) is 71.1 Å². The number of hydrogen-bond donors (Lipinski definition) is 2. The molecule has 0 spiro atoms. The molecule has 11 nitrogen and oxygen atoms in total. The Morgan fingerprint density at radius 1 is 1.12 bits per heavy atom. The van der Waals surface area contributed by atoms with E-state index < -0.39 is 58.9 Å². The van der Waals surface area contributed by atoms with E-state index in [4.69, 9.17) is 5.10 Å². The maximum Gasteiger partial charge on any atom is 0.416 e. The van der Waals surface area contributed by atoms with Gasteiger partial charge in [0, 0.05) is 46.8 Å². The van der Waals surface area contributed by atoms with Gasteiger partial charge in [-0.15, -0.1) is 0 Å². The van der Waals surface area contributed by atoms with Crippen LogP contribution in [0.2, 0.25) is 0 Å². The molecule has 15 heteroatoms. The molecular formula is C35H40F3N7O4S. The van der Waals surface area contributed by atoms with Gasteiger partial charge >= 0.3 is 6.18 Å². The minimum absolute atomic E-state index is 0.0179. The van der Waals surface area contributed by atoms with E-state index >= 15 is 0 Å². The van der Waals surface area contributed by atoms with Gasteiger partial charge in [-0.3, -0.25) is 23.5 Å². The fraction of sp³-hybridized carbons (Fsp3) is 0.457. The first-order chi connectivity index (χ1) is 23.9. The highest BCUT2D eigenvalue weighted by molar-refractivity contribution is 7.85. The number of para-hydroxylation sites is 1. The number of anilines is 1. The van der Waals surface area contributed by atoms with Crippen LogP contribution in [0.5, 0.6) is 0 Å². The van der Waals surface area contributed by atoms with Crippen molar-refractivity contribution in [3.8, 4) is 11.8 Å². The molecule has 2 fully saturated rings. The molecule has 1 aromatic heterocycles. The maximum atomic E-state index is 14.5. The highest BCUT2D eigenvalue weighted by Crippen LogP contribution is 2.47. The van der Waals surface area contributed by atoms with Crippen molar-refractivity contribution in [3.05, 3.63) is 77.0 Å². The molecule has 2 N–H and O–H groups in total. The van der Waals surface area contributed by atoms with Gasteiger partial charge in [-0.05, 0) is 69.0 Å². The number of amides is 3. The smallest absolute Gasteiger partial charge is 0.343 e. The summed E-state index contributed by atoms with van der Waals surface area (Å²) in [5, 5.41) is 20.6. The largest absolute Gasteiger partial charge is 0.416 e. The molecule has 4 atom stereocenters. The highest BCUT2D eigenvalue weighted by atomic mass is 32.2. The SMILES string of the molecule is CCC(C1CC1)C(NC)c1c(C(=O)N2CCS(=O)CC2C#N)nn(-c2ccccc2)c1N(CC)C(=O)CNC(=O)c1cccc(C(F)(F)F)c1. The Labute approximate surface area is 291 Å².